The molecular weight excluding hydrogens is 277 g/mol. The summed E-state index contributed by atoms with van der Waals surface area (Å²) in [4.78, 5) is 0. The molecule has 2 aromatic rings. The van der Waals surface area contributed by atoms with Crippen LogP contribution in [0.2, 0.25) is 0 Å². The van der Waals surface area contributed by atoms with Gasteiger partial charge in [-0.2, -0.15) is 0 Å². The van der Waals surface area contributed by atoms with Gasteiger partial charge in [-0.25, -0.2) is 22.0 Å². The van der Waals surface area contributed by atoms with Gasteiger partial charge in [0.05, 0.1) is 5.69 Å². The normalized spacial score (nSPS) is 12.3. The van der Waals surface area contributed by atoms with Crippen molar-refractivity contribution < 1.29 is 22.0 Å². The van der Waals surface area contributed by atoms with Crippen molar-refractivity contribution in [1.82, 2.24) is 0 Å². The van der Waals surface area contributed by atoms with Crippen LogP contribution < -0.4 is 5.32 Å². The Bertz CT molecular complexity index is 642. The summed E-state index contributed by atoms with van der Waals surface area (Å²) in [6.45, 7) is 1.55. The molecule has 0 aliphatic carbocycles. The molecule has 1 unspecified atom stereocenters. The van der Waals surface area contributed by atoms with E-state index in [4.69, 9.17) is 0 Å². The smallest absolute Gasteiger partial charge is 0.161 e. The monoisotopic (exact) mass is 287 g/mol. The molecule has 106 valence electrons. The van der Waals surface area contributed by atoms with E-state index >= 15 is 0 Å². The van der Waals surface area contributed by atoms with E-state index in [0.717, 1.165) is 12.1 Å². The van der Waals surface area contributed by atoms with E-state index in [1.165, 1.54) is 6.07 Å². The molecule has 0 saturated carbocycles. The maximum atomic E-state index is 13.4. The maximum absolute atomic E-state index is 13.4. The summed E-state index contributed by atoms with van der Waals surface area (Å²) in [6, 6.07) is 3.66. The summed E-state index contributed by atoms with van der Waals surface area (Å²) >= 11 is 0. The second-order valence-corrected chi connectivity index (χ2v) is 4.29. The van der Waals surface area contributed by atoms with E-state index in [2.05, 4.69) is 5.32 Å². The third-order valence-electron chi connectivity index (χ3n) is 2.83. The van der Waals surface area contributed by atoms with Crippen molar-refractivity contribution in [2.45, 2.75) is 13.0 Å². The first-order valence-electron chi connectivity index (χ1n) is 5.74. The quantitative estimate of drug-likeness (QED) is 0.645. The lowest BCUT2D eigenvalue weighted by Crippen LogP contribution is -2.09. The highest BCUT2D eigenvalue weighted by atomic mass is 19.2. The van der Waals surface area contributed by atoms with Crippen LogP contribution in [0.25, 0.3) is 0 Å². The Morgan fingerprint density at radius 3 is 2.00 bits per heavy atom. The van der Waals surface area contributed by atoms with Crippen molar-refractivity contribution in [2.75, 3.05) is 5.32 Å². The number of rotatable bonds is 3. The molecule has 0 radical (unpaired) electrons. The van der Waals surface area contributed by atoms with Gasteiger partial charge in [-0.05, 0) is 24.6 Å². The highest BCUT2D eigenvalue weighted by Crippen LogP contribution is 2.24. The lowest BCUT2D eigenvalue weighted by molar-refractivity contribution is 0.495. The van der Waals surface area contributed by atoms with Crippen LogP contribution in [0.15, 0.2) is 30.3 Å². The molecule has 1 nitrogen and oxygen atoms in total. The summed E-state index contributed by atoms with van der Waals surface area (Å²) in [7, 11) is 0. The molecule has 1 N–H and O–H groups in total. The SMILES string of the molecule is CC(Nc1cc(F)c(F)cc1F)c1ccc(F)c(F)c1. The van der Waals surface area contributed by atoms with Gasteiger partial charge in [0.1, 0.15) is 5.82 Å². The molecule has 2 aromatic carbocycles. The number of anilines is 1. The van der Waals surface area contributed by atoms with Crippen LogP contribution in [0.1, 0.15) is 18.5 Å². The van der Waals surface area contributed by atoms with Gasteiger partial charge < -0.3 is 5.32 Å². The Labute approximate surface area is 112 Å². The molecule has 0 bridgehead atoms. The molecule has 0 aromatic heterocycles. The molecule has 0 aliphatic heterocycles. The average molecular weight is 287 g/mol. The molecule has 1 atom stereocenters. The molecule has 0 spiro atoms. The summed E-state index contributed by atoms with van der Waals surface area (Å²) in [5, 5.41) is 2.57. The first-order chi connectivity index (χ1) is 9.38. The molecule has 0 heterocycles. The molecule has 2 rings (SSSR count). The number of hydrogen-bond donors (Lipinski definition) is 1. The third-order valence-corrected chi connectivity index (χ3v) is 2.83. The standard InChI is InChI=1S/C14H10F5N/c1-7(8-2-3-9(15)10(16)4-8)20-14-6-12(18)11(17)5-13(14)19/h2-7,20H,1H3. The zero-order chi connectivity index (χ0) is 14.9. The summed E-state index contributed by atoms with van der Waals surface area (Å²) in [5.74, 6) is -5.51. The van der Waals surface area contributed by atoms with Crippen LogP contribution in [0.4, 0.5) is 27.6 Å². The molecule has 0 amide bonds. The second-order valence-electron chi connectivity index (χ2n) is 4.29. The zero-order valence-corrected chi connectivity index (χ0v) is 10.4. The van der Waals surface area contributed by atoms with E-state index < -0.39 is 35.1 Å². The third kappa shape index (κ3) is 2.89. The predicted octanol–water partition coefficient (Wildman–Crippen LogP) is 4.56. The van der Waals surface area contributed by atoms with Crippen LogP contribution in [0.5, 0.6) is 0 Å². The van der Waals surface area contributed by atoms with E-state index in [1.807, 2.05) is 0 Å². The Balaban J connectivity index is 2.25. The molecule has 6 heteroatoms. The van der Waals surface area contributed by atoms with Crippen molar-refractivity contribution in [3.63, 3.8) is 0 Å². The fourth-order valence-electron chi connectivity index (χ4n) is 1.73. The minimum atomic E-state index is -1.30. The first kappa shape index (κ1) is 14.3. The van der Waals surface area contributed by atoms with Crippen molar-refractivity contribution in [2.24, 2.45) is 0 Å². The van der Waals surface area contributed by atoms with Crippen LogP contribution in [0.3, 0.4) is 0 Å². The van der Waals surface area contributed by atoms with Crippen LogP contribution in [-0.4, -0.2) is 0 Å². The summed E-state index contributed by atoms with van der Waals surface area (Å²) < 4.78 is 65.2. The van der Waals surface area contributed by atoms with E-state index in [0.29, 0.717) is 17.7 Å². The van der Waals surface area contributed by atoms with Crippen LogP contribution in [-0.2, 0) is 0 Å². The van der Waals surface area contributed by atoms with Crippen molar-refractivity contribution in [3.05, 3.63) is 65.0 Å². The van der Waals surface area contributed by atoms with Gasteiger partial charge in [-0.1, -0.05) is 6.07 Å². The van der Waals surface area contributed by atoms with E-state index in [-0.39, 0.29) is 5.69 Å². The Kier molecular flexibility index (Phi) is 3.92. The van der Waals surface area contributed by atoms with Gasteiger partial charge in [0.25, 0.3) is 0 Å². The second kappa shape index (κ2) is 5.48. The minimum Gasteiger partial charge on any atom is -0.376 e. The van der Waals surface area contributed by atoms with Gasteiger partial charge in [0.2, 0.25) is 0 Å². The van der Waals surface area contributed by atoms with Gasteiger partial charge >= 0.3 is 0 Å². The zero-order valence-electron chi connectivity index (χ0n) is 10.4. The number of benzene rings is 2. The highest BCUT2D eigenvalue weighted by molar-refractivity contribution is 5.47. The molecular formula is C14H10F5N. The predicted molar refractivity (Wildman–Crippen MR) is 64.7 cm³/mol. The van der Waals surface area contributed by atoms with E-state index in [9.17, 15) is 22.0 Å². The minimum absolute atomic E-state index is 0.263. The number of halogens is 5. The van der Waals surface area contributed by atoms with Gasteiger partial charge in [0, 0.05) is 18.2 Å². The van der Waals surface area contributed by atoms with Crippen molar-refractivity contribution >= 4 is 5.69 Å². The van der Waals surface area contributed by atoms with Crippen molar-refractivity contribution in [1.29, 1.82) is 0 Å². The number of hydrogen-bond acceptors (Lipinski definition) is 1. The summed E-state index contributed by atoms with van der Waals surface area (Å²) in [6.07, 6.45) is 0. The fraction of sp³-hybridized carbons (Fsp3) is 0.143. The highest BCUT2D eigenvalue weighted by Gasteiger charge is 2.14. The van der Waals surface area contributed by atoms with Gasteiger partial charge in [-0.3, -0.25) is 0 Å². The lowest BCUT2D eigenvalue weighted by atomic mass is 10.1. The maximum Gasteiger partial charge on any atom is 0.161 e. The molecule has 20 heavy (non-hydrogen) atoms. The Morgan fingerprint density at radius 2 is 1.35 bits per heavy atom. The fourth-order valence-corrected chi connectivity index (χ4v) is 1.73. The van der Waals surface area contributed by atoms with Crippen molar-refractivity contribution in [3.8, 4) is 0 Å². The molecule has 0 aliphatic rings. The molecule has 0 saturated heterocycles. The van der Waals surface area contributed by atoms with Gasteiger partial charge in [0.15, 0.2) is 23.3 Å². The largest absolute Gasteiger partial charge is 0.376 e. The van der Waals surface area contributed by atoms with Crippen LogP contribution in [0, 0.1) is 29.1 Å². The van der Waals surface area contributed by atoms with E-state index in [1.54, 1.807) is 6.92 Å². The van der Waals surface area contributed by atoms with Crippen LogP contribution >= 0.6 is 0 Å². The first-order valence-corrected chi connectivity index (χ1v) is 5.74. The topological polar surface area (TPSA) is 12.0 Å². The average Bonchev–Trinajstić information content (AvgIpc) is 2.39. The molecule has 0 fully saturated rings. The lowest BCUT2D eigenvalue weighted by Gasteiger charge is -2.16. The number of nitrogens with one attached hydrogen (secondary N) is 1. The summed E-state index contributed by atoms with van der Waals surface area (Å²) in [5.41, 5.74) is 0.0779. The Hall–Kier alpha value is -2.11. The Morgan fingerprint density at radius 1 is 0.750 bits per heavy atom. The van der Waals surface area contributed by atoms with Gasteiger partial charge in [-0.15, -0.1) is 0 Å².